The molecule has 0 spiro atoms. The van der Waals surface area contributed by atoms with Gasteiger partial charge in [-0.15, -0.1) is 0 Å². The van der Waals surface area contributed by atoms with Crippen LogP contribution in [0.2, 0.25) is 0 Å². The molecule has 1 rings (SSSR count). The molecule has 3 nitrogen and oxygen atoms in total. The van der Waals surface area contributed by atoms with E-state index in [0.717, 1.165) is 6.42 Å². The summed E-state index contributed by atoms with van der Waals surface area (Å²) >= 11 is 0. The third kappa shape index (κ3) is 6.03. The van der Waals surface area contributed by atoms with Gasteiger partial charge in [-0.3, -0.25) is 0 Å². The van der Waals surface area contributed by atoms with Gasteiger partial charge in [0.1, 0.15) is 5.60 Å². The Morgan fingerprint density at radius 2 is 1.95 bits per heavy atom. The average Bonchev–Trinajstić information content (AvgIpc) is 2.34. The normalized spacial score (nSPS) is 13.7. The Labute approximate surface area is 128 Å². The number of aryl methyl sites for hydroxylation is 1. The number of benzene rings is 1. The first-order valence-corrected chi connectivity index (χ1v) is 7.43. The number of ether oxygens (including phenoxy) is 1. The van der Waals surface area contributed by atoms with Gasteiger partial charge in [0.2, 0.25) is 0 Å². The number of amides is 1. The Kier molecular flexibility index (Phi) is 6.01. The van der Waals surface area contributed by atoms with Gasteiger partial charge in [-0.05, 0) is 64.7 Å². The first-order valence-electron chi connectivity index (χ1n) is 7.43. The van der Waals surface area contributed by atoms with Crippen molar-refractivity contribution in [3.63, 3.8) is 0 Å². The summed E-state index contributed by atoms with van der Waals surface area (Å²) in [6.07, 6.45) is 2.52. The second kappa shape index (κ2) is 7.30. The Bertz CT molecular complexity index is 512. The number of nitrogens with one attached hydrogen (secondary N) is 1. The highest BCUT2D eigenvalue weighted by molar-refractivity contribution is 5.71. The van der Waals surface area contributed by atoms with E-state index in [9.17, 15) is 4.79 Å². The molecule has 0 saturated carbocycles. The number of rotatable bonds is 4. The number of allylic oxidation sites excluding steroid dienone is 1. The smallest absolute Gasteiger partial charge is 0.407 e. The minimum Gasteiger partial charge on any atom is -0.444 e. The molecule has 1 atom stereocenters. The van der Waals surface area contributed by atoms with Crippen molar-refractivity contribution >= 4 is 11.7 Å². The van der Waals surface area contributed by atoms with E-state index in [1.165, 1.54) is 16.7 Å². The Hall–Kier alpha value is -1.77. The van der Waals surface area contributed by atoms with E-state index in [0.29, 0.717) is 0 Å². The summed E-state index contributed by atoms with van der Waals surface area (Å²) in [5.74, 6) is 0. The van der Waals surface area contributed by atoms with Crippen molar-refractivity contribution in [2.75, 3.05) is 0 Å². The maximum atomic E-state index is 11.8. The van der Waals surface area contributed by atoms with E-state index in [2.05, 4.69) is 30.4 Å². The van der Waals surface area contributed by atoms with Crippen molar-refractivity contribution in [1.29, 1.82) is 0 Å². The van der Waals surface area contributed by atoms with E-state index in [-0.39, 0.29) is 12.1 Å². The van der Waals surface area contributed by atoms with Gasteiger partial charge in [-0.2, -0.15) is 0 Å². The lowest BCUT2D eigenvalue weighted by atomic mass is 9.95. The van der Waals surface area contributed by atoms with Gasteiger partial charge in [-0.25, -0.2) is 4.79 Å². The molecule has 1 N–H and O–H groups in total. The van der Waals surface area contributed by atoms with Gasteiger partial charge in [0.15, 0.2) is 0 Å². The second-order valence-corrected chi connectivity index (χ2v) is 6.38. The molecule has 0 saturated heterocycles. The van der Waals surface area contributed by atoms with E-state index in [4.69, 9.17) is 4.74 Å². The topological polar surface area (TPSA) is 38.3 Å². The summed E-state index contributed by atoms with van der Waals surface area (Å²) < 4.78 is 5.28. The fraction of sp³-hybridized carbons (Fsp3) is 0.500. The summed E-state index contributed by atoms with van der Waals surface area (Å²) in [4.78, 5) is 11.8. The highest BCUT2D eigenvalue weighted by atomic mass is 16.6. The van der Waals surface area contributed by atoms with Crippen LogP contribution in [0.4, 0.5) is 4.79 Å². The van der Waals surface area contributed by atoms with Crippen LogP contribution in [0.3, 0.4) is 0 Å². The molecule has 0 heterocycles. The summed E-state index contributed by atoms with van der Waals surface area (Å²) in [5.41, 5.74) is 3.24. The van der Waals surface area contributed by atoms with Crippen LogP contribution in [0.25, 0.3) is 5.57 Å². The molecule has 116 valence electrons. The van der Waals surface area contributed by atoms with Gasteiger partial charge in [0.05, 0.1) is 0 Å². The van der Waals surface area contributed by atoms with Crippen LogP contribution >= 0.6 is 0 Å². The standard InChI is InChI=1S/C18H27NO2/c1-7-15(16-11-9-8-10-13(16)2)12-14(3)19-17(20)21-18(4,5)6/h7-11,14H,12H2,1-6H3,(H,19,20)/b15-7-. The van der Waals surface area contributed by atoms with E-state index >= 15 is 0 Å². The zero-order chi connectivity index (χ0) is 16.0. The molecule has 0 radical (unpaired) electrons. The van der Waals surface area contributed by atoms with E-state index in [1.54, 1.807) is 0 Å². The van der Waals surface area contributed by atoms with Gasteiger partial charge < -0.3 is 10.1 Å². The SMILES string of the molecule is C/C=C(/CC(C)NC(=O)OC(C)(C)C)c1ccccc1C. The lowest BCUT2D eigenvalue weighted by molar-refractivity contribution is 0.0509. The van der Waals surface area contributed by atoms with Crippen molar-refractivity contribution in [3.8, 4) is 0 Å². The molecule has 1 aromatic carbocycles. The van der Waals surface area contributed by atoms with Crippen LogP contribution in [0.5, 0.6) is 0 Å². The predicted octanol–water partition coefficient (Wildman–Crippen LogP) is 4.70. The summed E-state index contributed by atoms with van der Waals surface area (Å²) in [5, 5.41) is 2.89. The van der Waals surface area contributed by atoms with Crippen LogP contribution in [0.1, 0.15) is 52.2 Å². The summed E-state index contributed by atoms with van der Waals surface area (Å²) in [6, 6.07) is 8.31. The number of hydrogen-bond donors (Lipinski definition) is 1. The maximum Gasteiger partial charge on any atom is 0.407 e. The maximum absolute atomic E-state index is 11.8. The Balaban J connectivity index is 2.67. The van der Waals surface area contributed by atoms with Crippen molar-refractivity contribution in [2.45, 2.75) is 59.6 Å². The van der Waals surface area contributed by atoms with Crippen LogP contribution in [-0.4, -0.2) is 17.7 Å². The fourth-order valence-electron chi connectivity index (χ4n) is 2.21. The molecular formula is C18H27NO2. The zero-order valence-corrected chi connectivity index (χ0v) is 14.0. The van der Waals surface area contributed by atoms with Gasteiger partial charge in [0, 0.05) is 6.04 Å². The molecule has 1 amide bonds. The molecule has 1 aromatic rings. The highest BCUT2D eigenvalue weighted by Gasteiger charge is 2.18. The lowest BCUT2D eigenvalue weighted by Crippen LogP contribution is -2.37. The summed E-state index contributed by atoms with van der Waals surface area (Å²) in [7, 11) is 0. The van der Waals surface area contributed by atoms with E-state index in [1.807, 2.05) is 46.8 Å². The van der Waals surface area contributed by atoms with Crippen LogP contribution in [-0.2, 0) is 4.74 Å². The lowest BCUT2D eigenvalue weighted by Gasteiger charge is -2.22. The largest absolute Gasteiger partial charge is 0.444 e. The Morgan fingerprint density at radius 3 is 2.48 bits per heavy atom. The molecule has 0 aliphatic rings. The van der Waals surface area contributed by atoms with Crippen molar-refractivity contribution < 1.29 is 9.53 Å². The fourth-order valence-corrected chi connectivity index (χ4v) is 2.21. The zero-order valence-electron chi connectivity index (χ0n) is 14.0. The van der Waals surface area contributed by atoms with Gasteiger partial charge >= 0.3 is 6.09 Å². The summed E-state index contributed by atoms with van der Waals surface area (Å²) in [6.45, 7) is 11.7. The quantitative estimate of drug-likeness (QED) is 0.872. The second-order valence-electron chi connectivity index (χ2n) is 6.38. The average molecular weight is 289 g/mol. The number of hydrogen-bond acceptors (Lipinski definition) is 2. The van der Waals surface area contributed by atoms with Crippen molar-refractivity contribution in [3.05, 3.63) is 41.5 Å². The molecule has 0 aliphatic heterocycles. The molecule has 0 aromatic heterocycles. The minimum atomic E-state index is -0.469. The molecule has 21 heavy (non-hydrogen) atoms. The third-order valence-electron chi connectivity index (χ3n) is 3.13. The highest BCUT2D eigenvalue weighted by Crippen LogP contribution is 2.23. The first kappa shape index (κ1) is 17.3. The van der Waals surface area contributed by atoms with Gasteiger partial charge in [-0.1, -0.05) is 30.3 Å². The number of alkyl carbamates (subject to hydrolysis) is 1. The minimum absolute atomic E-state index is 0.0191. The first-order chi connectivity index (χ1) is 9.73. The third-order valence-corrected chi connectivity index (χ3v) is 3.13. The monoisotopic (exact) mass is 289 g/mol. The molecule has 0 bridgehead atoms. The van der Waals surface area contributed by atoms with Crippen LogP contribution in [0, 0.1) is 6.92 Å². The Morgan fingerprint density at radius 1 is 1.33 bits per heavy atom. The molecule has 0 aliphatic carbocycles. The number of carbonyl (C=O) groups is 1. The van der Waals surface area contributed by atoms with Crippen LogP contribution in [0.15, 0.2) is 30.3 Å². The molecule has 0 fully saturated rings. The van der Waals surface area contributed by atoms with Gasteiger partial charge in [0.25, 0.3) is 0 Å². The van der Waals surface area contributed by atoms with Crippen molar-refractivity contribution in [1.82, 2.24) is 5.32 Å². The molecule has 1 unspecified atom stereocenters. The van der Waals surface area contributed by atoms with Crippen molar-refractivity contribution in [2.24, 2.45) is 0 Å². The predicted molar refractivity (Wildman–Crippen MR) is 88.3 cm³/mol. The van der Waals surface area contributed by atoms with Crippen LogP contribution < -0.4 is 5.32 Å². The number of carbonyl (C=O) groups excluding carboxylic acids is 1. The molecular weight excluding hydrogens is 262 g/mol. The van der Waals surface area contributed by atoms with E-state index < -0.39 is 5.60 Å². The molecule has 3 heteroatoms.